The zero-order valence-electron chi connectivity index (χ0n) is 5.15. The van der Waals surface area contributed by atoms with Crippen LogP contribution in [-0.4, -0.2) is 29.4 Å². The van der Waals surface area contributed by atoms with E-state index in [1.165, 1.54) is 0 Å². The zero-order valence-corrected chi connectivity index (χ0v) is 12.7. The van der Waals surface area contributed by atoms with Gasteiger partial charge in [-0.3, -0.25) is 0 Å². The van der Waals surface area contributed by atoms with E-state index in [1.54, 1.807) is 20.3 Å². The molecule has 0 aliphatic carbocycles. The standard InChI is InChI=1S/C4H8INO.Cu.2HI/c5-6-1-3-7-4-2-6;;;/h1-4H2;;2*1H/q;+1;;/p-1. The van der Waals surface area contributed by atoms with Gasteiger partial charge in [0.1, 0.15) is 0 Å². The summed E-state index contributed by atoms with van der Waals surface area (Å²) in [5.41, 5.74) is 0. The van der Waals surface area contributed by atoms with Crippen LogP contribution in [0.1, 0.15) is 0 Å². The van der Waals surface area contributed by atoms with Crippen LogP contribution in [0.5, 0.6) is 0 Å². The Bertz CT molecular complexity index is 62.5. The molecule has 0 N–H and O–H groups in total. The first-order valence-corrected chi connectivity index (χ1v) is 6.50. The number of morpholine rings is 1. The number of nitrogens with zero attached hydrogens (tertiary/aromatic N) is 1. The van der Waals surface area contributed by atoms with Crippen molar-refractivity contribution in [2.24, 2.45) is 0 Å². The molecule has 0 spiro atoms. The molecule has 0 aromatic carbocycles. The van der Waals surface area contributed by atoms with E-state index in [2.05, 4.69) is 38.7 Å². The average Bonchev–Trinajstić information content (AvgIpc) is 1.94. The van der Waals surface area contributed by atoms with Crippen LogP contribution in [0.15, 0.2) is 0 Å². The summed E-state index contributed by atoms with van der Waals surface area (Å²) in [6.07, 6.45) is 0. The Labute approximate surface area is 112 Å². The van der Waals surface area contributed by atoms with Gasteiger partial charge in [0, 0.05) is 36.0 Å². The van der Waals surface area contributed by atoms with E-state index in [9.17, 15) is 0 Å². The first kappa shape index (κ1) is 15.1. The maximum absolute atomic E-state index is 5.09. The molecule has 0 amide bonds. The first-order valence-electron chi connectivity index (χ1n) is 2.49. The van der Waals surface area contributed by atoms with Gasteiger partial charge in [0.05, 0.1) is 13.2 Å². The number of halogens is 3. The van der Waals surface area contributed by atoms with Crippen molar-refractivity contribution in [1.82, 2.24) is 3.11 Å². The van der Waals surface area contributed by atoms with E-state index in [1.807, 2.05) is 0 Å². The van der Waals surface area contributed by atoms with Gasteiger partial charge in [0.25, 0.3) is 0 Å². The molecular formula is C4H9CuI3NO. The first-order chi connectivity index (χ1) is 4.39. The molecule has 1 saturated heterocycles. The maximum atomic E-state index is 5.09. The van der Waals surface area contributed by atoms with E-state index in [0.717, 1.165) is 26.3 Å². The summed E-state index contributed by atoms with van der Waals surface area (Å²) in [6, 6.07) is 0. The Morgan fingerprint density at radius 1 is 1.20 bits per heavy atom. The molecule has 0 unspecified atom stereocenters. The zero-order chi connectivity index (χ0) is 7.11. The summed E-state index contributed by atoms with van der Waals surface area (Å²) in [4.78, 5) is 0. The molecule has 0 aromatic rings. The van der Waals surface area contributed by atoms with Gasteiger partial charge in [-0.1, -0.05) is 0 Å². The summed E-state index contributed by atoms with van der Waals surface area (Å²) in [5.74, 6) is 0. The van der Waals surface area contributed by atoms with Crippen molar-refractivity contribution in [1.29, 1.82) is 0 Å². The Balaban J connectivity index is 0. The molecule has 0 radical (unpaired) electrons. The van der Waals surface area contributed by atoms with Gasteiger partial charge in [-0.2, -0.15) is 0 Å². The third-order valence-corrected chi connectivity index (χ3v) is 1.92. The molecule has 0 atom stereocenters. The molecule has 68 valence electrons. The van der Waals surface area contributed by atoms with Crippen molar-refractivity contribution in [3.8, 4) is 0 Å². The molecule has 1 fully saturated rings. The third-order valence-electron chi connectivity index (χ3n) is 0.957. The van der Waals surface area contributed by atoms with Crippen molar-refractivity contribution < 1.29 is 17.5 Å². The Kier molecular flexibility index (Phi) is 17.6. The van der Waals surface area contributed by atoms with Crippen molar-refractivity contribution in [2.75, 3.05) is 26.3 Å². The van der Waals surface area contributed by atoms with E-state index in [0.29, 0.717) is 0 Å². The van der Waals surface area contributed by atoms with E-state index < -0.39 is 0 Å². The fraction of sp³-hybridized carbons (Fsp3) is 1.00. The summed E-state index contributed by atoms with van der Waals surface area (Å²) < 4.78 is 7.33. The van der Waals surface area contributed by atoms with Crippen LogP contribution in [0.25, 0.3) is 0 Å². The number of rotatable bonds is 0. The minimum absolute atomic E-state index is 0. The summed E-state index contributed by atoms with van der Waals surface area (Å²) in [7, 11) is 0. The summed E-state index contributed by atoms with van der Waals surface area (Å²) in [5, 5.41) is 0. The minimum atomic E-state index is 0. The van der Waals surface area contributed by atoms with Crippen LogP contribution >= 0.6 is 67.2 Å². The van der Waals surface area contributed by atoms with Crippen LogP contribution in [0.2, 0.25) is 0 Å². The third kappa shape index (κ3) is 8.72. The number of hydrogen-bond donors (Lipinski definition) is 0. The van der Waals surface area contributed by atoms with Gasteiger partial charge < -0.3 is 4.74 Å². The van der Waals surface area contributed by atoms with Gasteiger partial charge in [-0.05, 0) is 0 Å². The fourth-order valence-electron chi connectivity index (χ4n) is 0.541. The molecule has 1 aliphatic rings. The predicted molar refractivity (Wildman–Crippen MR) is 65.8 cm³/mol. The molecule has 1 heterocycles. The SMILES string of the molecule is I.IN1CCOCC1.[Cu][I]. The fourth-order valence-corrected chi connectivity index (χ4v) is 0.935. The Morgan fingerprint density at radius 3 is 1.80 bits per heavy atom. The second-order valence-electron chi connectivity index (χ2n) is 1.52. The van der Waals surface area contributed by atoms with Gasteiger partial charge in [-0.15, -0.1) is 24.0 Å². The van der Waals surface area contributed by atoms with Crippen molar-refractivity contribution >= 4 is 67.2 Å². The molecule has 0 bridgehead atoms. The molecule has 10 heavy (non-hydrogen) atoms. The van der Waals surface area contributed by atoms with Crippen LogP contribution < -0.4 is 0 Å². The second-order valence-corrected chi connectivity index (χ2v) is 2.89. The Hall–Kier alpha value is 2.63. The monoisotopic (exact) mass is 531 g/mol. The molecule has 6 heteroatoms. The van der Waals surface area contributed by atoms with Gasteiger partial charge in [0.15, 0.2) is 0 Å². The van der Waals surface area contributed by atoms with E-state index >= 15 is 0 Å². The molecule has 1 aliphatic heterocycles. The summed E-state index contributed by atoms with van der Waals surface area (Å²) in [6.45, 7) is 3.98. The molecular weight excluding hydrogens is 522 g/mol. The van der Waals surface area contributed by atoms with Gasteiger partial charge >= 0.3 is 33.1 Å². The van der Waals surface area contributed by atoms with Crippen LogP contribution in [-0.2, 0) is 17.5 Å². The van der Waals surface area contributed by atoms with Crippen molar-refractivity contribution in [2.45, 2.75) is 0 Å². The number of ether oxygens (including phenoxy) is 1. The molecule has 2 nitrogen and oxygen atoms in total. The van der Waals surface area contributed by atoms with Crippen LogP contribution in [0.4, 0.5) is 0 Å². The van der Waals surface area contributed by atoms with Crippen molar-refractivity contribution in [3.63, 3.8) is 0 Å². The van der Waals surface area contributed by atoms with Crippen molar-refractivity contribution in [3.05, 3.63) is 0 Å². The van der Waals surface area contributed by atoms with E-state index in [-0.39, 0.29) is 24.0 Å². The van der Waals surface area contributed by atoms with Crippen LogP contribution in [0, 0.1) is 0 Å². The molecule has 1 rings (SSSR count). The quantitative estimate of drug-likeness (QED) is 0.270. The molecule has 0 aromatic heterocycles. The topological polar surface area (TPSA) is 12.5 Å². The second kappa shape index (κ2) is 11.6. The van der Waals surface area contributed by atoms with E-state index in [4.69, 9.17) is 4.74 Å². The van der Waals surface area contributed by atoms with Gasteiger partial charge in [-0.25, -0.2) is 3.11 Å². The normalized spacial score (nSPS) is 18.4. The average molecular weight is 531 g/mol. The summed E-state index contributed by atoms with van der Waals surface area (Å²) >= 11 is 8.18. The van der Waals surface area contributed by atoms with Crippen LogP contribution in [0.3, 0.4) is 0 Å². The molecule has 0 saturated carbocycles. The van der Waals surface area contributed by atoms with Gasteiger partial charge in [0.2, 0.25) is 0 Å². The Morgan fingerprint density at radius 2 is 1.60 bits per heavy atom. The number of hydrogen-bond acceptors (Lipinski definition) is 2. The predicted octanol–water partition coefficient (Wildman–Crippen LogP) is 2.17.